The van der Waals surface area contributed by atoms with Crippen molar-refractivity contribution in [3.05, 3.63) is 40.9 Å². The summed E-state index contributed by atoms with van der Waals surface area (Å²) >= 11 is 5.91. The quantitative estimate of drug-likeness (QED) is 0.735. The van der Waals surface area contributed by atoms with Crippen molar-refractivity contribution >= 4 is 27.5 Å². The molecular formula is C16H19ClN4O4S. The van der Waals surface area contributed by atoms with Crippen LogP contribution in [0.1, 0.15) is 29.0 Å². The predicted molar refractivity (Wildman–Crippen MR) is 95.7 cm³/mol. The number of aromatic nitrogens is 2. The minimum absolute atomic E-state index is 0.0460. The van der Waals surface area contributed by atoms with Gasteiger partial charge in [0.2, 0.25) is 10.0 Å². The van der Waals surface area contributed by atoms with Gasteiger partial charge in [-0.3, -0.25) is 4.79 Å². The van der Waals surface area contributed by atoms with Gasteiger partial charge in [0.15, 0.2) is 0 Å². The van der Waals surface area contributed by atoms with Crippen LogP contribution in [0, 0.1) is 0 Å². The number of nitrogens with one attached hydrogen (secondary N) is 2. The molecule has 0 atom stereocenters. The van der Waals surface area contributed by atoms with Gasteiger partial charge in [-0.15, -0.1) is 0 Å². The number of hydrogen-bond donors (Lipinski definition) is 2. The fourth-order valence-electron chi connectivity index (χ4n) is 2.36. The molecule has 0 aliphatic heterocycles. The molecule has 1 aliphatic rings. The molecule has 1 fully saturated rings. The third-order valence-electron chi connectivity index (χ3n) is 4.05. The number of benzene rings is 1. The lowest BCUT2D eigenvalue weighted by atomic mass is 10.2. The van der Waals surface area contributed by atoms with Gasteiger partial charge in [0.05, 0.1) is 19.9 Å². The summed E-state index contributed by atoms with van der Waals surface area (Å²) < 4.78 is 34.4. The Labute approximate surface area is 156 Å². The maximum absolute atomic E-state index is 12.5. The highest BCUT2D eigenvalue weighted by atomic mass is 35.5. The summed E-state index contributed by atoms with van der Waals surface area (Å²) in [6.07, 6.45) is 3.12. The maximum atomic E-state index is 12.5. The molecule has 2 aromatic rings. The minimum Gasteiger partial charge on any atom is -0.495 e. The molecule has 3 rings (SSSR count). The van der Waals surface area contributed by atoms with Crippen molar-refractivity contribution in [1.29, 1.82) is 0 Å². The molecule has 1 heterocycles. The maximum Gasteiger partial charge on any atom is 0.251 e. The summed E-state index contributed by atoms with van der Waals surface area (Å²) in [5.74, 6) is 0.348. The fourth-order valence-corrected chi connectivity index (χ4v) is 4.01. The molecule has 1 saturated carbocycles. The average Bonchev–Trinajstić information content (AvgIpc) is 3.37. The van der Waals surface area contributed by atoms with Crippen LogP contribution >= 0.6 is 11.6 Å². The summed E-state index contributed by atoms with van der Waals surface area (Å²) in [5, 5.41) is 3.16. The molecule has 1 amide bonds. The number of halogens is 1. The van der Waals surface area contributed by atoms with Crippen LogP contribution < -0.4 is 14.8 Å². The molecule has 0 radical (unpaired) electrons. The highest BCUT2D eigenvalue weighted by Gasteiger charge is 2.30. The average molecular weight is 399 g/mol. The third kappa shape index (κ3) is 4.00. The van der Waals surface area contributed by atoms with Crippen LogP contribution in [0.25, 0.3) is 0 Å². The Hall–Kier alpha value is -2.10. The first-order valence-electron chi connectivity index (χ1n) is 7.96. The van der Waals surface area contributed by atoms with E-state index >= 15 is 0 Å². The van der Waals surface area contributed by atoms with Gasteiger partial charge in [-0.05, 0) is 31.0 Å². The van der Waals surface area contributed by atoms with Crippen molar-refractivity contribution < 1.29 is 17.9 Å². The zero-order valence-corrected chi connectivity index (χ0v) is 15.9. The zero-order chi connectivity index (χ0) is 18.9. The summed E-state index contributed by atoms with van der Waals surface area (Å²) in [5.41, 5.74) is 0.210. The number of ether oxygens (including phenoxy) is 1. The summed E-state index contributed by atoms with van der Waals surface area (Å²) in [6, 6.07) is 4.24. The number of imidazole rings is 1. The Balaban J connectivity index is 1.80. The molecule has 0 unspecified atom stereocenters. The monoisotopic (exact) mass is 398 g/mol. The van der Waals surface area contributed by atoms with Gasteiger partial charge in [0, 0.05) is 18.7 Å². The number of sulfonamides is 1. The fraction of sp³-hybridized carbons (Fsp3) is 0.375. The first-order valence-corrected chi connectivity index (χ1v) is 9.82. The number of rotatable bonds is 7. The Morgan fingerprint density at radius 3 is 2.73 bits per heavy atom. The van der Waals surface area contributed by atoms with Crippen molar-refractivity contribution in [3.63, 3.8) is 0 Å². The first-order chi connectivity index (χ1) is 12.3. The number of carbonyl (C=O) groups excluding carboxylic acids is 1. The lowest BCUT2D eigenvalue weighted by Gasteiger charge is -2.12. The van der Waals surface area contributed by atoms with Gasteiger partial charge in [-0.1, -0.05) is 11.6 Å². The second kappa shape index (κ2) is 7.26. The van der Waals surface area contributed by atoms with E-state index in [0.29, 0.717) is 11.0 Å². The standard InChI is InChI=1S/C16H19ClN4O4S/c1-21-14(17)8-18-15(21)9-19-16(22)10-3-6-12(25-2)13(7-10)26(23,24)20-11-4-5-11/h3,6-8,11,20H,4-5,9H2,1-2H3,(H,19,22). The first kappa shape index (κ1) is 18.7. The second-order valence-corrected chi connectivity index (χ2v) is 8.07. The van der Waals surface area contributed by atoms with Gasteiger partial charge < -0.3 is 14.6 Å². The van der Waals surface area contributed by atoms with E-state index in [9.17, 15) is 13.2 Å². The van der Waals surface area contributed by atoms with Gasteiger partial charge >= 0.3 is 0 Å². The highest BCUT2D eigenvalue weighted by molar-refractivity contribution is 7.89. The normalized spacial score (nSPS) is 14.3. The molecule has 10 heteroatoms. The van der Waals surface area contributed by atoms with E-state index in [1.165, 1.54) is 31.5 Å². The van der Waals surface area contributed by atoms with Crippen molar-refractivity contribution in [2.75, 3.05) is 7.11 Å². The number of carbonyl (C=O) groups is 1. The zero-order valence-electron chi connectivity index (χ0n) is 14.3. The van der Waals surface area contributed by atoms with Crippen molar-refractivity contribution in [2.24, 2.45) is 7.05 Å². The van der Waals surface area contributed by atoms with E-state index in [-0.39, 0.29) is 28.8 Å². The molecular weight excluding hydrogens is 380 g/mol. The highest BCUT2D eigenvalue weighted by Crippen LogP contribution is 2.28. The predicted octanol–water partition coefficient (Wildman–Crippen LogP) is 1.45. The second-order valence-electron chi connectivity index (χ2n) is 6.00. The van der Waals surface area contributed by atoms with E-state index in [4.69, 9.17) is 16.3 Å². The van der Waals surface area contributed by atoms with Crippen molar-refractivity contribution in [3.8, 4) is 5.75 Å². The Morgan fingerprint density at radius 2 is 2.15 bits per heavy atom. The summed E-state index contributed by atoms with van der Waals surface area (Å²) in [6.45, 7) is 0.163. The molecule has 1 aromatic heterocycles. The molecule has 26 heavy (non-hydrogen) atoms. The molecule has 140 valence electrons. The SMILES string of the molecule is COc1ccc(C(=O)NCc2ncc(Cl)n2C)cc1S(=O)(=O)NC1CC1. The van der Waals surface area contributed by atoms with Crippen LogP contribution in [0.3, 0.4) is 0 Å². The van der Waals surface area contributed by atoms with Gasteiger partial charge in [-0.25, -0.2) is 18.1 Å². The van der Waals surface area contributed by atoms with E-state index in [1.807, 2.05) is 0 Å². The van der Waals surface area contributed by atoms with E-state index in [2.05, 4.69) is 15.0 Å². The molecule has 8 nitrogen and oxygen atoms in total. The van der Waals surface area contributed by atoms with Crippen molar-refractivity contribution in [1.82, 2.24) is 19.6 Å². The molecule has 0 spiro atoms. The molecule has 1 aromatic carbocycles. The van der Waals surface area contributed by atoms with E-state index in [0.717, 1.165) is 12.8 Å². The largest absolute Gasteiger partial charge is 0.495 e. The smallest absolute Gasteiger partial charge is 0.251 e. The Kier molecular flexibility index (Phi) is 5.22. The van der Waals surface area contributed by atoms with E-state index in [1.54, 1.807) is 11.6 Å². The Bertz CT molecular complexity index is 938. The molecule has 1 aliphatic carbocycles. The van der Waals surface area contributed by atoms with Crippen LogP contribution in [0.15, 0.2) is 29.3 Å². The van der Waals surface area contributed by atoms with Crippen LogP contribution in [-0.2, 0) is 23.6 Å². The summed E-state index contributed by atoms with van der Waals surface area (Å²) in [4.78, 5) is 16.5. The van der Waals surface area contributed by atoms with Gasteiger partial charge in [0.25, 0.3) is 5.91 Å². The number of amides is 1. The lowest BCUT2D eigenvalue weighted by molar-refractivity contribution is 0.0949. The molecule has 0 saturated heterocycles. The number of methoxy groups -OCH3 is 1. The van der Waals surface area contributed by atoms with Crippen molar-refractivity contribution in [2.45, 2.75) is 30.3 Å². The van der Waals surface area contributed by atoms with Gasteiger partial charge in [-0.2, -0.15) is 0 Å². The number of nitrogens with zero attached hydrogens (tertiary/aromatic N) is 2. The third-order valence-corrected chi connectivity index (χ3v) is 5.94. The molecule has 0 bridgehead atoms. The lowest BCUT2D eigenvalue weighted by Crippen LogP contribution is -2.27. The van der Waals surface area contributed by atoms with E-state index < -0.39 is 15.9 Å². The van der Waals surface area contributed by atoms with Crippen LogP contribution in [0.5, 0.6) is 5.75 Å². The van der Waals surface area contributed by atoms with Crippen LogP contribution in [0.2, 0.25) is 5.15 Å². The van der Waals surface area contributed by atoms with Gasteiger partial charge in [0.1, 0.15) is 21.6 Å². The topological polar surface area (TPSA) is 102 Å². The van der Waals surface area contributed by atoms with Crippen LogP contribution in [-0.4, -0.2) is 37.0 Å². The molecule has 2 N–H and O–H groups in total. The van der Waals surface area contributed by atoms with Crippen LogP contribution in [0.4, 0.5) is 0 Å². The Morgan fingerprint density at radius 1 is 1.42 bits per heavy atom. The summed E-state index contributed by atoms with van der Waals surface area (Å²) in [7, 11) is -0.636. The number of hydrogen-bond acceptors (Lipinski definition) is 5. The minimum atomic E-state index is -3.76.